The molecule has 0 aromatic heterocycles. The van der Waals surface area contributed by atoms with Crippen molar-refractivity contribution in [2.75, 3.05) is 20.8 Å². The Morgan fingerprint density at radius 2 is 1.94 bits per heavy atom. The molecule has 4 nitrogen and oxygen atoms in total. The van der Waals surface area contributed by atoms with Gasteiger partial charge in [0.2, 0.25) is 0 Å². The Kier molecular flexibility index (Phi) is 5.80. The molecule has 0 saturated carbocycles. The highest BCUT2D eigenvalue weighted by Crippen LogP contribution is 2.30. The van der Waals surface area contributed by atoms with Gasteiger partial charge in [-0.1, -0.05) is 6.42 Å². The lowest BCUT2D eigenvalue weighted by molar-refractivity contribution is 0.393. The van der Waals surface area contributed by atoms with Gasteiger partial charge in [-0.15, -0.1) is 0 Å². The monoisotopic (exact) mass is 238 g/mol. The van der Waals surface area contributed by atoms with Crippen molar-refractivity contribution in [1.82, 2.24) is 0 Å². The van der Waals surface area contributed by atoms with Gasteiger partial charge in [-0.2, -0.15) is 0 Å². The Labute approximate surface area is 103 Å². The van der Waals surface area contributed by atoms with Crippen LogP contribution in [-0.4, -0.2) is 20.8 Å². The van der Waals surface area contributed by atoms with Crippen LogP contribution in [-0.2, 0) is 0 Å². The molecule has 0 heterocycles. The first-order valence-electron chi connectivity index (χ1n) is 5.90. The van der Waals surface area contributed by atoms with Crippen molar-refractivity contribution in [3.05, 3.63) is 23.8 Å². The van der Waals surface area contributed by atoms with Crippen molar-refractivity contribution >= 4 is 0 Å². The highest BCUT2D eigenvalue weighted by molar-refractivity contribution is 5.42. The first-order valence-corrected chi connectivity index (χ1v) is 5.90. The molecule has 0 aliphatic rings. The maximum absolute atomic E-state index is 6.16. The molecular formula is C13H22N2O2. The molecule has 1 aromatic carbocycles. The number of hydrogen-bond donors (Lipinski definition) is 2. The minimum atomic E-state index is -0.0356. The highest BCUT2D eigenvalue weighted by atomic mass is 16.5. The lowest BCUT2D eigenvalue weighted by Crippen LogP contribution is -2.12. The second kappa shape index (κ2) is 7.14. The molecule has 4 N–H and O–H groups in total. The first kappa shape index (κ1) is 13.8. The van der Waals surface area contributed by atoms with E-state index in [4.69, 9.17) is 20.9 Å². The Balaban J connectivity index is 2.78. The fourth-order valence-electron chi connectivity index (χ4n) is 1.79. The van der Waals surface area contributed by atoms with E-state index >= 15 is 0 Å². The average molecular weight is 238 g/mol. The van der Waals surface area contributed by atoms with Crippen LogP contribution in [0.25, 0.3) is 0 Å². The summed E-state index contributed by atoms with van der Waals surface area (Å²) in [5.41, 5.74) is 12.6. The summed E-state index contributed by atoms with van der Waals surface area (Å²) in [6.07, 6.45) is 2.93. The van der Waals surface area contributed by atoms with Gasteiger partial charge in [0.25, 0.3) is 0 Å². The fourth-order valence-corrected chi connectivity index (χ4v) is 1.79. The standard InChI is InChI=1S/C13H22N2O2/c1-16-10-6-7-13(17-2)11(9-10)12(15)5-3-4-8-14/h6-7,9,12H,3-5,8,14-15H2,1-2H3/t12-/m1/s1. The van der Waals surface area contributed by atoms with Gasteiger partial charge in [-0.3, -0.25) is 0 Å². The summed E-state index contributed by atoms with van der Waals surface area (Å²) in [6.45, 7) is 0.710. The van der Waals surface area contributed by atoms with E-state index in [1.807, 2.05) is 18.2 Å². The van der Waals surface area contributed by atoms with E-state index in [0.717, 1.165) is 36.3 Å². The molecule has 0 aliphatic carbocycles. The van der Waals surface area contributed by atoms with E-state index in [1.54, 1.807) is 14.2 Å². The molecule has 96 valence electrons. The molecule has 1 rings (SSSR count). The molecule has 17 heavy (non-hydrogen) atoms. The molecule has 0 amide bonds. The third-order valence-electron chi connectivity index (χ3n) is 2.81. The van der Waals surface area contributed by atoms with E-state index in [9.17, 15) is 0 Å². The fraction of sp³-hybridized carbons (Fsp3) is 0.538. The lowest BCUT2D eigenvalue weighted by Gasteiger charge is -2.16. The summed E-state index contributed by atoms with van der Waals surface area (Å²) >= 11 is 0. The maximum atomic E-state index is 6.16. The van der Waals surface area contributed by atoms with Crippen molar-refractivity contribution < 1.29 is 9.47 Å². The summed E-state index contributed by atoms with van der Waals surface area (Å²) in [5.74, 6) is 1.61. The van der Waals surface area contributed by atoms with E-state index in [-0.39, 0.29) is 6.04 Å². The zero-order chi connectivity index (χ0) is 12.7. The molecule has 0 spiro atoms. The molecule has 0 radical (unpaired) electrons. The van der Waals surface area contributed by atoms with E-state index < -0.39 is 0 Å². The van der Waals surface area contributed by atoms with E-state index in [1.165, 1.54) is 0 Å². The van der Waals surface area contributed by atoms with Gasteiger partial charge < -0.3 is 20.9 Å². The minimum absolute atomic E-state index is 0.0356. The Bertz CT molecular complexity index is 342. The molecular weight excluding hydrogens is 216 g/mol. The van der Waals surface area contributed by atoms with Crippen LogP contribution in [0.4, 0.5) is 0 Å². The lowest BCUT2D eigenvalue weighted by atomic mass is 10.0. The maximum Gasteiger partial charge on any atom is 0.123 e. The summed E-state index contributed by atoms with van der Waals surface area (Å²) < 4.78 is 10.5. The van der Waals surface area contributed by atoms with Gasteiger partial charge in [0.1, 0.15) is 11.5 Å². The summed E-state index contributed by atoms with van der Waals surface area (Å²) in [7, 11) is 3.30. The van der Waals surface area contributed by atoms with Crippen molar-refractivity contribution in [3.63, 3.8) is 0 Å². The van der Waals surface area contributed by atoms with E-state index in [0.29, 0.717) is 6.54 Å². The van der Waals surface area contributed by atoms with Crippen LogP contribution in [0.1, 0.15) is 30.9 Å². The van der Waals surface area contributed by atoms with Crippen LogP contribution in [0.3, 0.4) is 0 Å². The molecule has 0 bridgehead atoms. The number of benzene rings is 1. The normalized spacial score (nSPS) is 12.2. The predicted octanol–water partition coefficient (Wildman–Crippen LogP) is 1.83. The third-order valence-corrected chi connectivity index (χ3v) is 2.81. The molecule has 0 aliphatic heterocycles. The molecule has 0 unspecified atom stereocenters. The predicted molar refractivity (Wildman–Crippen MR) is 69.4 cm³/mol. The van der Waals surface area contributed by atoms with Crippen LogP contribution < -0.4 is 20.9 Å². The van der Waals surface area contributed by atoms with Gasteiger partial charge in [0.05, 0.1) is 14.2 Å². The van der Waals surface area contributed by atoms with Crippen LogP contribution in [0, 0.1) is 0 Å². The van der Waals surface area contributed by atoms with Gasteiger partial charge >= 0.3 is 0 Å². The molecule has 0 saturated heterocycles. The minimum Gasteiger partial charge on any atom is -0.497 e. The Morgan fingerprint density at radius 1 is 1.18 bits per heavy atom. The second-order valence-electron chi connectivity index (χ2n) is 4.00. The SMILES string of the molecule is COc1ccc(OC)c([C@H](N)CCCCN)c1. The number of ether oxygens (including phenoxy) is 2. The first-order chi connectivity index (χ1) is 8.22. The summed E-state index contributed by atoms with van der Waals surface area (Å²) in [5, 5.41) is 0. The molecule has 1 aromatic rings. The van der Waals surface area contributed by atoms with Crippen molar-refractivity contribution in [1.29, 1.82) is 0 Å². The number of rotatable bonds is 7. The average Bonchev–Trinajstić information content (AvgIpc) is 2.38. The van der Waals surface area contributed by atoms with Crippen molar-refractivity contribution in [2.24, 2.45) is 11.5 Å². The number of nitrogens with two attached hydrogens (primary N) is 2. The van der Waals surface area contributed by atoms with Crippen LogP contribution >= 0.6 is 0 Å². The number of hydrogen-bond acceptors (Lipinski definition) is 4. The van der Waals surface area contributed by atoms with Crippen LogP contribution in [0.15, 0.2) is 18.2 Å². The molecule has 4 heteroatoms. The van der Waals surface area contributed by atoms with Crippen LogP contribution in [0.2, 0.25) is 0 Å². The topological polar surface area (TPSA) is 70.5 Å². The Morgan fingerprint density at radius 3 is 2.53 bits per heavy atom. The zero-order valence-corrected chi connectivity index (χ0v) is 10.6. The third kappa shape index (κ3) is 3.91. The van der Waals surface area contributed by atoms with Gasteiger partial charge in [0, 0.05) is 11.6 Å². The van der Waals surface area contributed by atoms with Gasteiger partial charge in [-0.05, 0) is 37.6 Å². The van der Waals surface area contributed by atoms with Crippen molar-refractivity contribution in [3.8, 4) is 11.5 Å². The summed E-state index contributed by atoms with van der Waals surface area (Å²) in [4.78, 5) is 0. The van der Waals surface area contributed by atoms with Crippen LogP contribution in [0.5, 0.6) is 11.5 Å². The smallest absolute Gasteiger partial charge is 0.123 e. The summed E-state index contributed by atoms with van der Waals surface area (Å²) in [6, 6.07) is 5.66. The zero-order valence-electron chi connectivity index (χ0n) is 10.6. The quantitative estimate of drug-likeness (QED) is 0.711. The number of unbranched alkanes of at least 4 members (excludes halogenated alkanes) is 1. The highest BCUT2D eigenvalue weighted by Gasteiger charge is 2.12. The van der Waals surface area contributed by atoms with Gasteiger partial charge in [0.15, 0.2) is 0 Å². The largest absolute Gasteiger partial charge is 0.497 e. The number of methoxy groups -OCH3 is 2. The molecule has 0 fully saturated rings. The van der Waals surface area contributed by atoms with Crippen molar-refractivity contribution in [2.45, 2.75) is 25.3 Å². The second-order valence-corrected chi connectivity index (χ2v) is 4.00. The molecule has 1 atom stereocenters. The van der Waals surface area contributed by atoms with Gasteiger partial charge in [-0.25, -0.2) is 0 Å². The Hall–Kier alpha value is -1.26. The van der Waals surface area contributed by atoms with E-state index in [2.05, 4.69) is 0 Å².